The fourth-order valence-electron chi connectivity index (χ4n) is 2.05. The van der Waals surface area contributed by atoms with E-state index in [1.54, 1.807) is 0 Å². The molecule has 1 aromatic rings. The summed E-state index contributed by atoms with van der Waals surface area (Å²) in [7, 11) is 4.02. The number of ether oxygens (including phenoxy) is 1. The third-order valence-corrected chi connectivity index (χ3v) is 3.44. The SMILES string of the molecule is CCCNC(C)(C#N)CCCOc1cccc(N(C)C)c1. The Bertz CT molecular complexity index is 467. The molecule has 0 fully saturated rings. The summed E-state index contributed by atoms with van der Waals surface area (Å²) in [6.45, 7) is 5.55. The van der Waals surface area contributed by atoms with Gasteiger partial charge in [0.05, 0.1) is 12.7 Å². The number of nitrogens with zero attached hydrogens (tertiary/aromatic N) is 2. The van der Waals surface area contributed by atoms with Crippen LogP contribution in [-0.4, -0.2) is 32.8 Å². The van der Waals surface area contributed by atoms with Crippen molar-refractivity contribution in [3.63, 3.8) is 0 Å². The molecule has 1 N–H and O–H groups in total. The predicted molar refractivity (Wildman–Crippen MR) is 87.8 cm³/mol. The first-order valence-corrected chi connectivity index (χ1v) is 7.57. The van der Waals surface area contributed by atoms with Gasteiger partial charge >= 0.3 is 0 Å². The van der Waals surface area contributed by atoms with Crippen molar-refractivity contribution in [3.8, 4) is 11.8 Å². The van der Waals surface area contributed by atoms with Crippen molar-refractivity contribution in [1.82, 2.24) is 5.32 Å². The fourth-order valence-corrected chi connectivity index (χ4v) is 2.05. The number of nitrogens with one attached hydrogen (secondary N) is 1. The van der Waals surface area contributed by atoms with Crippen molar-refractivity contribution >= 4 is 5.69 Å². The van der Waals surface area contributed by atoms with Crippen LogP contribution in [0.15, 0.2) is 24.3 Å². The fraction of sp³-hybridized carbons (Fsp3) is 0.588. The van der Waals surface area contributed by atoms with Crippen LogP contribution in [0.1, 0.15) is 33.1 Å². The van der Waals surface area contributed by atoms with Gasteiger partial charge in [0.25, 0.3) is 0 Å². The molecule has 1 rings (SSSR count). The zero-order valence-electron chi connectivity index (χ0n) is 13.6. The van der Waals surface area contributed by atoms with Crippen LogP contribution >= 0.6 is 0 Å². The summed E-state index contributed by atoms with van der Waals surface area (Å²) in [5, 5.41) is 12.6. The lowest BCUT2D eigenvalue weighted by Crippen LogP contribution is -2.41. The van der Waals surface area contributed by atoms with E-state index in [9.17, 15) is 5.26 Å². The normalized spacial score (nSPS) is 13.3. The molecule has 21 heavy (non-hydrogen) atoms. The first-order valence-electron chi connectivity index (χ1n) is 7.57. The minimum absolute atomic E-state index is 0.454. The molecule has 0 spiro atoms. The number of nitriles is 1. The zero-order chi connectivity index (χ0) is 15.7. The third kappa shape index (κ3) is 6.05. The first kappa shape index (κ1) is 17.3. The van der Waals surface area contributed by atoms with Gasteiger partial charge in [0.15, 0.2) is 0 Å². The van der Waals surface area contributed by atoms with Gasteiger partial charge in [0, 0.05) is 25.8 Å². The molecule has 1 unspecified atom stereocenters. The van der Waals surface area contributed by atoms with Gasteiger partial charge < -0.3 is 9.64 Å². The van der Waals surface area contributed by atoms with Crippen LogP contribution < -0.4 is 15.0 Å². The Hall–Kier alpha value is -1.73. The lowest BCUT2D eigenvalue weighted by molar-refractivity contribution is 0.285. The van der Waals surface area contributed by atoms with E-state index < -0.39 is 5.54 Å². The van der Waals surface area contributed by atoms with E-state index in [1.165, 1.54) is 0 Å². The lowest BCUT2D eigenvalue weighted by atomic mass is 9.98. The molecule has 0 amide bonds. The van der Waals surface area contributed by atoms with Crippen LogP contribution in [-0.2, 0) is 0 Å². The molecule has 0 aromatic heterocycles. The average Bonchev–Trinajstić information content (AvgIpc) is 2.50. The second kappa shape index (κ2) is 8.53. The van der Waals surface area contributed by atoms with E-state index in [-0.39, 0.29) is 0 Å². The molecule has 0 aliphatic rings. The van der Waals surface area contributed by atoms with E-state index in [0.29, 0.717) is 6.61 Å². The van der Waals surface area contributed by atoms with Crippen LogP contribution in [0.4, 0.5) is 5.69 Å². The molecule has 116 valence electrons. The average molecular weight is 289 g/mol. The summed E-state index contributed by atoms with van der Waals surface area (Å²) in [6.07, 6.45) is 2.68. The summed E-state index contributed by atoms with van der Waals surface area (Å²) < 4.78 is 5.78. The molecule has 0 radical (unpaired) electrons. The van der Waals surface area contributed by atoms with Crippen molar-refractivity contribution in [2.45, 2.75) is 38.6 Å². The Morgan fingerprint density at radius 3 is 2.76 bits per heavy atom. The molecular weight excluding hydrogens is 262 g/mol. The Morgan fingerprint density at radius 1 is 1.38 bits per heavy atom. The molecule has 0 aliphatic carbocycles. The summed E-state index contributed by atoms with van der Waals surface area (Å²) in [5.41, 5.74) is 0.671. The number of anilines is 1. The topological polar surface area (TPSA) is 48.3 Å². The van der Waals surface area contributed by atoms with Crippen LogP contribution in [0.3, 0.4) is 0 Å². The van der Waals surface area contributed by atoms with E-state index >= 15 is 0 Å². The van der Waals surface area contributed by atoms with E-state index in [1.807, 2.05) is 50.2 Å². The Balaban J connectivity index is 2.40. The van der Waals surface area contributed by atoms with Gasteiger partial charge in [-0.3, -0.25) is 5.32 Å². The van der Waals surface area contributed by atoms with Gasteiger partial charge in [-0.2, -0.15) is 5.26 Å². The molecule has 0 bridgehead atoms. The number of rotatable bonds is 9. The molecule has 4 nitrogen and oxygen atoms in total. The summed E-state index contributed by atoms with van der Waals surface area (Å²) in [5.74, 6) is 0.876. The highest BCUT2D eigenvalue weighted by molar-refractivity contribution is 5.49. The monoisotopic (exact) mass is 289 g/mol. The summed E-state index contributed by atoms with van der Waals surface area (Å²) in [6, 6.07) is 10.4. The van der Waals surface area contributed by atoms with Crippen molar-refractivity contribution in [3.05, 3.63) is 24.3 Å². The molecule has 4 heteroatoms. The van der Waals surface area contributed by atoms with Gasteiger partial charge in [-0.25, -0.2) is 0 Å². The maximum Gasteiger partial charge on any atom is 0.121 e. The summed E-state index contributed by atoms with van der Waals surface area (Å²) in [4.78, 5) is 2.05. The molecular formula is C17H27N3O. The van der Waals surface area contributed by atoms with Crippen LogP contribution in [0.5, 0.6) is 5.75 Å². The molecule has 0 aliphatic heterocycles. The molecule has 0 saturated carbocycles. The Morgan fingerprint density at radius 2 is 2.14 bits per heavy atom. The van der Waals surface area contributed by atoms with Gasteiger partial charge in [-0.1, -0.05) is 13.0 Å². The van der Waals surface area contributed by atoms with Crippen molar-refractivity contribution < 1.29 is 4.74 Å². The van der Waals surface area contributed by atoms with Crippen LogP contribution in [0, 0.1) is 11.3 Å². The minimum atomic E-state index is -0.454. The van der Waals surface area contributed by atoms with Crippen molar-refractivity contribution in [2.24, 2.45) is 0 Å². The second-order valence-electron chi connectivity index (χ2n) is 5.71. The number of hydrogen-bond donors (Lipinski definition) is 1. The number of benzene rings is 1. The van der Waals surface area contributed by atoms with Crippen LogP contribution in [0.2, 0.25) is 0 Å². The van der Waals surface area contributed by atoms with E-state index in [0.717, 1.165) is 37.2 Å². The smallest absolute Gasteiger partial charge is 0.121 e. The molecule has 0 saturated heterocycles. The largest absolute Gasteiger partial charge is 0.494 e. The highest BCUT2D eigenvalue weighted by atomic mass is 16.5. The van der Waals surface area contributed by atoms with Gasteiger partial charge in [0.2, 0.25) is 0 Å². The van der Waals surface area contributed by atoms with Gasteiger partial charge in [0.1, 0.15) is 11.3 Å². The molecule has 1 atom stereocenters. The summed E-state index contributed by atoms with van der Waals surface area (Å²) >= 11 is 0. The standard InChI is InChI=1S/C17H27N3O/c1-5-11-19-17(2,14-18)10-7-12-21-16-9-6-8-15(13-16)20(3)4/h6,8-9,13,19H,5,7,10-12H2,1-4H3. The highest BCUT2D eigenvalue weighted by Crippen LogP contribution is 2.20. The van der Waals surface area contributed by atoms with E-state index in [2.05, 4.69) is 18.3 Å². The Kier molecular flexibility index (Phi) is 7.04. The third-order valence-electron chi connectivity index (χ3n) is 3.44. The van der Waals surface area contributed by atoms with E-state index in [4.69, 9.17) is 4.74 Å². The molecule has 1 aromatic carbocycles. The quantitative estimate of drug-likeness (QED) is 0.709. The van der Waals surface area contributed by atoms with Crippen LogP contribution in [0.25, 0.3) is 0 Å². The minimum Gasteiger partial charge on any atom is -0.494 e. The Labute approximate surface area is 128 Å². The predicted octanol–water partition coefficient (Wildman–Crippen LogP) is 3.19. The maximum atomic E-state index is 9.27. The first-order chi connectivity index (χ1) is 10.0. The van der Waals surface area contributed by atoms with Gasteiger partial charge in [-0.15, -0.1) is 0 Å². The van der Waals surface area contributed by atoms with Crippen molar-refractivity contribution in [2.75, 3.05) is 32.1 Å². The number of hydrogen-bond acceptors (Lipinski definition) is 4. The molecule has 0 heterocycles. The zero-order valence-corrected chi connectivity index (χ0v) is 13.6. The highest BCUT2D eigenvalue weighted by Gasteiger charge is 2.21. The second-order valence-corrected chi connectivity index (χ2v) is 5.71. The lowest BCUT2D eigenvalue weighted by Gasteiger charge is -2.23. The van der Waals surface area contributed by atoms with Crippen molar-refractivity contribution in [1.29, 1.82) is 5.26 Å². The maximum absolute atomic E-state index is 9.27. The van der Waals surface area contributed by atoms with Gasteiger partial charge in [-0.05, 0) is 44.9 Å².